The van der Waals surface area contributed by atoms with E-state index in [9.17, 15) is 9.59 Å². The van der Waals surface area contributed by atoms with E-state index in [-0.39, 0.29) is 0 Å². The zero-order valence-electron chi connectivity index (χ0n) is 18.2. The fourth-order valence-corrected chi connectivity index (χ4v) is 3.47. The van der Waals surface area contributed by atoms with Crippen molar-refractivity contribution in [3.63, 3.8) is 0 Å². The van der Waals surface area contributed by atoms with Gasteiger partial charge in [-0.1, -0.05) is 23.7 Å². The molecule has 2 amide bonds. The van der Waals surface area contributed by atoms with E-state index in [2.05, 4.69) is 52.5 Å². The predicted molar refractivity (Wildman–Crippen MR) is 125 cm³/mol. The predicted octanol–water partition coefficient (Wildman–Crippen LogP) is 4.76. The minimum absolute atomic E-state index is 0.471. The quantitative estimate of drug-likeness (QED) is 0.351. The van der Waals surface area contributed by atoms with E-state index in [4.69, 9.17) is 11.6 Å². The third kappa shape index (κ3) is 5.03. The maximum Gasteiger partial charge on any atom is 0.329 e. The summed E-state index contributed by atoms with van der Waals surface area (Å²) in [5, 5.41) is 6.97. The van der Waals surface area contributed by atoms with Gasteiger partial charge in [0, 0.05) is 33.3 Å². The molecule has 1 heterocycles. The van der Waals surface area contributed by atoms with Crippen molar-refractivity contribution in [3.8, 4) is 5.69 Å². The first kappa shape index (κ1) is 22.3. The van der Waals surface area contributed by atoms with Crippen LogP contribution < -0.4 is 10.7 Å². The Hall–Kier alpha value is -3.38. The number of halogens is 1. The van der Waals surface area contributed by atoms with Crippen molar-refractivity contribution in [1.29, 1.82) is 0 Å². The Morgan fingerprint density at radius 1 is 0.903 bits per heavy atom. The van der Waals surface area contributed by atoms with E-state index in [1.807, 2.05) is 26.8 Å². The van der Waals surface area contributed by atoms with E-state index in [0.29, 0.717) is 10.7 Å². The van der Waals surface area contributed by atoms with Crippen molar-refractivity contribution < 1.29 is 9.59 Å². The van der Waals surface area contributed by atoms with Crippen LogP contribution in [0.3, 0.4) is 0 Å². The number of nitrogens with zero attached hydrogens (tertiary/aromatic N) is 2. The summed E-state index contributed by atoms with van der Waals surface area (Å²) in [4.78, 5) is 24.3. The van der Waals surface area contributed by atoms with Crippen LogP contribution in [0.4, 0.5) is 5.69 Å². The second kappa shape index (κ2) is 9.18. The van der Waals surface area contributed by atoms with Crippen LogP contribution in [0.2, 0.25) is 5.02 Å². The number of amides is 2. The van der Waals surface area contributed by atoms with Crippen molar-refractivity contribution in [2.45, 2.75) is 34.6 Å². The summed E-state index contributed by atoms with van der Waals surface area (Å²) in [6, 6.07) is 13.4. The van der Waals surface area contributed by atoms with Gasteiger partial charge < -0.3 is 9.88 Å². The summed E-state index contributed by atoms with van der Waals surface area (Å²) in [5.74, 6) is -1.68. The molecule has 0 bridgehead atoms. The largest absolute Gasteiger partial charge is 0.329 e. The number of hydrogen-bond acceptors (Lipinski definition) is 3. The number of aromatic nitrogens is 1. The topological polar surface area (TPSA) is 75.5 Å². The standard InChI is InChI=1S/C24H25ClN4O2/c1-14-7-9-21(10-16(14)3)29-17(4)11-19(18(29)5)13-26-28-24(31)23(30)27-22-12-20(25)8-6-15(22)2/h6-13H,1-5H3,(H,27,30)(H,28,31)/b26-13-. The molecular weight excluding hydrogens is 412 g/mol. The maximum atomic E-state index is 12.1. The second-order valence-electron chi connectivity index (χ2n) is 7.54. The van der Waals surface area contributed by atoms with Gasteiger partial charge in [0.2, 0.25) is 0 Å². The third-order valence-electron chi connectivity index (χ3n) is 5.24. The number of carbonyl (C=O) groups excluding carboxylic acids is 2. The Morgan fingerprint density at radius 3 is 2.32 bits per heavy atom. The van der Waals surface area contributed by atoms with Crippen LogP contribution in [0, 0.1) is 34.6 Å². The van der Waals surface area contributed by atoms with E-state index < -0.39 is 11.8 Å². The number of benzene rings is 2. The van der Waals surface area contributed by atoms with Gasteiger partial charge in [0.15, 0.2) is 0 Å². The van der Waals surface area contributed by atoms with Crippen molar-refractivity contribution in [2.24, 2.45) is 5.10 Å². The van der Waals surface area contributed by atoms with Gasteiger partial charge in [-0.2, -0.15) is 5.10 Å². The maximum absolute atomic E-state index is 12.1. The molecular formula is C24H25ClN4O2. The molecule has 0 radical (unpaired) electrons. The highest BCUT2D eigenvalue weighted by Gasteiger charge is 2.15. The van der Waals surface area contributed by atoms with E-state index >= 15 is 0 Å². The van der Waals surface area contributed by atoms with Gasteiger partial charge in [-0.15, -0.1) is 0 Å². The van der Waals surface area contributed by atoms with Crippen LogP contribution in [-0.4, -0.2) is 22.6 Å². The Bertz CT molecular complexity index is 1190. The normalized spacial score (nSPS) is 11.0. The first-order valence-corrected chi connectivity index (χ1v) is 10.2. The van der Waals surface area contributed by atoms with Crippen molar-refractivity contribution in [3.05, 3.63) is 81.1 Å². The molecule has 6 nitrogen and oxygen atoms in total. The molecule has 0 saturated carbocycles. The fourth-order valence-electron chi connectivity index (χ4n) is 3.30. The summed E-state index contributed by atoms with van der Waals surface area (Å²) in [6.07, 6.45) is 1.54. The Labute approximate surface area is 186 Å². The lowest BCUT2D eigenvalue weighted by atomic mass is 10.1. The van der Waals surface area contributed by atoms with Crippen LogP contribution in [0.15, 0.2) is 47.6 Å². The van der Waals surface area contributed by atoms with E-state index in [1.165, 1.54) is 17.3 Å². The lowest BCUT2D eigenvalue weighted by Crippen LogP contribution is -2.32. The molecule has 1 aromatic heterocycles. The molecule has 7 heteroatoms. The highest BCUT2D eigenvalue weighted by atomic mass is 35.5. The number of carbonyl (C=O) groups is 2. The Kier molecular flexibility index (Phi) is 6.61. The van der Waals surface area contributed by atoms with Crippen molar-refractivity contribution >= 4 is 35.3 Å². The van der Waals surface area contributed by atoms with Crippen LogP contribution in [-0.2, 0) is 9.59 Å². The van der Waals surface area contributed by atoms with Crippen LogP contribution >= 0.6 is 11.6 Å². The lowest BCUT2D eigenvalue weighted by molar-refractivity contribution is -0.136. The minimum atomic E-state index is -0.862. The number of nitrogens with one attached hydrogen (secondary N) is 2. The monoisotopic (exact) mass is 436 g/mol. The van der Waals surface area contributed by atoms with Crippen molar-refractivity contribution in [2.75, 3.05) is 5.32 Å². The van der Waals surface area contributed by atoms with Gasteiger partial charge in [-0.3, -0.25) is 9.59 Å². The average Bonchev–Trinajstić information content (AvgIpc) is 3.00. The van der Waals surface area contributed by atoms with Gasteiger partial charge in [0.1, 0.15) is 0 Å². The number of anilines is 1. The highest BCUT2D eigenvalue weighted by molar-refractivity contribution is 6.40. The molecule has 31 heavy (non-hydrogen) atoms. The van der Waals surface area contributed by atoms with Gasteiger partial charge in [-0.25, -0.2) is 5.43 Å². The molecule has 2 N–H and O–H groups in total. The molecule has 3 rings (SSSR count). The molecule has 0 saturated heterocycles. The van der Waals surface area contributed by atoms with Gasteiger partial charge in [0.25, 0.3) is 0 Å². The smallest absolute Gasteiger partial charge is 0.318 e. The van der Waals surface area contributed by atoms with Gasteiger partial charge in [0.05, 0.1) is 6.21 Å². The summed E-state index contributed by atoms with van der Waals surface area (Å²) in [6.45, 7) is 9.98. The minimum Gasteiger partial charge on any atom is -0.318 e. The highest BCUT2D eigenvalue weighted by Crippen LogP contribution is 2.22. The van der Waals surface area contributed by atoms with Crippen LogP contribution in [0.1, 0.15) is 33.6 Å². The molecule has 0 aliphatic carbocycles. The first-order valence-electron chi connectivity index (χ1n) is 9.84. The molecule has 0 aliphatic rings. The number of hydrogen-bond donors (Lipinski definition) is 2. The second-order valence-corrected chi connectivity index (χ2v) is 7.98. The molecule has 0 unspecified atom stereocenters. The molecule has 160 valence electrons. The van der Waals surface area contributed by atoms with Crippen molar-refractivity contribution in [1.82, 2.24) is 9.99 Å². The molecule has 2 aromatic carbocycles. The average molecular weight is 437 g/mol. The molecule has 0 fully saturated rings. The number of aryl methyl sites for hydroxylation is 4. The molecule has 0 spiro atoms. The third-order valence-corrected chi connectivity index (χ3v) is 5.48. The summed E-state index contributed by atoms with van der Waals surface area (Å²) in [7, 11) is 0. The van der Waals surface area contributed by atoms with Gasteiger partial charge in [-0.05, 0) is 81.6 Å². The summed E-state index contributed by atoms with van der Waals surface area (Å²) >= 11 is 5.94. The number of hydrazone groups is 1. The SMILES string of the molecule is Cc1ccc(-n2c(C)cc(/C=N\NC(=O)C(=O)Nc3cc(Cl)ccc3C)c2C)cc1C. The molecule has 0 atom stereocenters. The Balaban J connectivity index is 1.71. The number of rotatable bonds is 4. The molecule has 3 aromatic rings. The van der Waals surface area contributed by atoms with Gasteiger partial charge >= 0.3 is 11.8 Å². The van der Waals surface area contributed by atoms with E-state index in [0.717, 1.165) is 28.2 Å². The van der Waals surface area contributed by atoms with Crippen LogP contribution in [0.5, 0.6) is 0 Å². The molecule has 0 aliphatic heterocycles. The zero-order valence-corrected chi connectivity index (χ0v) is 19.0. The van der Waals surface area contributed by atoms with Crippen LogP contribution in [0.25, 0.3) is 5.69 Å². The Morgan fingerprint density at radius 2 is 1.61 bits per heavy atom. The summed E-state index contributed by atoms with van der Waals surface area (Å²) < 4.78 is 2.13. The first-order chi connectivity index (χ1) is 14.7. The summed E-state index contributed by atoms with van der Waals surface area (Å²) in [5.41, 5.74) is 9.95. The zero-order chi connectivity index (χ0) is 22.7. The van der Waals surface area contributed by atoms with E-state index in [1.54, 1.807) is 18.2 Å². The lowest BCUT2D eigenvalue weighted by Gasteiger charge is -2.11. The fraction of sp³-hybridized carbons (Fsp3) is 0.208.